The maximum Gasteiger partial charge on any atom is 0.0521 e. The van der Waals surface area contributed by atoms with Crippen molar-refractivity contribution in [1.82, 2.24) is 5.32 Å². The Hall–Kier alpha value is -0.340. The Balaban J connectivity index is 1.53. The second-order valence-electron chi connectivity index (χ2n) is 15.2. The summed E-state index contributed by atoms with van der Waals surface area (Å²) in [5.41, 5.74) is 3.64. The van der Waals surface area contributed by atoms with Crippen molar-refractivity contribution in [1.29, 1.82) is 0 Å². The first-order valence-electron chi connectivity index (χ1n) is 14.7. The van der Waals surface area contributed by atoms with Crippen LogP contribution in [0.3, 0.4) is 0 Å². The quantitative estimate of drug-likeness (QED) is 0.423. The molecule has 10 atom stereocenters. The molecule has 0 amide bonds. The highest BCUT2D eigenvalue weighted by Gasteiger charge is 2.70. The number of hydrogen-bond donors (Lipinski definition) is 1. The van der Waals surface area contributed by atoms with Crippen LogP contribution >= 0.6 is 0 Å². The van der Waals surface area contributed by atoms with Crippen LogP contribution in [0.5, 0.6) is 0 Å². The van der Waals surface area contributed by atoms with E-state index in [1.165, 1.54) is 69.8 Å². The van der Waals surface area contributed by atoms with Gasteiger partial charge in [-0.1, -0.05) is 46.8 Å². The number of fused-ring (bicyclic) bond motifs is 7. The Labute approximate surface area is 211 Å². The van der Waals surface area contributed by atoms with Crippen molar-refractivity contribution < 1.29 is 4.74 Å². The Morgan fingerprint density at radius 1 is 0.853 bits per heavy atom. The van der Waals surface area contributed by atoms with Gasteiger partial charge in [-0.25, -0.2) is 0 Å². The van der Waals surface area contributed by atoms with Gasteiger partial charge in [0, 0.05) is 13.2 Å². The topological polar surface area (TPSA) is 21.3 Å². The van der Waals surface area contributed by atoms with E-state index in [2.05, 4.69) is 60.5 Å². The van der Waals surface area contributed by atoms with Crippen LogP contribution in [0, 0.1) is 56.7 Å². The van der Waals surface area contributed by atoms with Crippen LogP contribution < -0.4 is 5.32 Å². The largest absolute Gasteiger partial charge is 0.384 e. The standard InChI is InChI=1S/C32H55NO/c1-21(2)22-12-17-32(20-34-9)19-18-30(6)23(27(22)32)10-11-25-29(5)15-14-26(33-8)28(3,4)24(29)13-16-31(25,30)7/h22-27,33H,1,10-20H2,2-9H3/t22-,23?,24?,25?,26+,27?,29-,30+,31+,32+/m0/s1. The zero-order valence-corrected chi connectivity index (χ0v) is 23.9. The first-order chi connectivity index (χ1) is 15.9. The maximum absolute atomic E-state index is 5.95. The Morgan fingerprint density at radius 3 is 2.24 bits per heavy atom. The van der Waals surface area contributed by atoms with Gasteiger partial charge in [-0.2, -0.15) is 0 Å². The Morgan fingerprint density at radius 2 is 1.59 bits per heavy atom. The molecule has 4 unspecified atom stereocenters. The van der Waals surface area contributed by atoms with Crippen molar-refractivity contribution in [2.24, 2.45) is 56.7 Å². The van der Waals surface area contributed by atoms with Crippen molar-refractivity contribution in [2.45, 2.75) is 112 Å². The molecule has 5 aliphatic rings. The number of ether oxygens (including phenoxy) is 1. The first kappa shape index (κ1) is 25.3. The summed E-state index contributed by atoms with van der Waals surface area (Å²) in [6.07, 6.45) is 14.0. The van der Waals surface area contributed by atoms with E-state index in [1.807, 2.05) is 7.11 Å². The van der Waals surface area contributed by atoms with Crippen molar-refractivity contribution in [2.75, 3.05) is 20.8 Å². The molecule has 194 valence electrons. The number of nitrogens with one attached hydrogen (secondary N) is 1. The summed E-state index contributed by atoms with van der Waals surface area (Å²) < 4.78 is 5.95. The van der Waals surface area contributed by atoms with Gasteiger partial charge in [-0.3, -0.25) is 0 Å². The molecule has 0 aromatic rings. The maximum atomic E-state index is 5.95. The zero-order chi connectivity index (χ0) is 24.7. The van der Waals surface area contributed by atoms with Gasteiger partial charge in [0.05, 0.1) is 6.61 Å². The number of hydrogen-bond acceptors (Lipinski definition) is 2. The minimum Gasteiger partial charge on any atom is -0.384 e. The minimum atomic E-state index is 0.386. The molecule has 0 radical (unpaired) electrons. The van der Waals surface area contributed by atoms with Gasteiger partial charge >= 0.3 is 0 Å². The van der Waals surface area contributed by atoms with Gasteiger partial charge in [0.1, 0.15) is 0 Å². The third-order valence-electron chi connectivity index (χ3n) is 14.1. The average Bonchev–Trinajstić information content (AvgIpc) is 3.14. The lowest BCUT2D eigenvalue weighted by Crippen LogP contribution is -2.67. The number of allylic oxidation sites excluding steroid dienone is 1. The van der Waals surface area contributed by atoms with Crippen LogP contribution in [0.1, 0.15) is 106 Å². The third-order valence-corrected chi connectivity index (χ3v) is 14.1. The highest BCUT2D eigenvalue weighted by Crippen LogP contribution is 2.77. The highest BCUT2D eigenvalue weighted by atomic mass is 16.5. The van der Waals surface area contributed by atoms with Gasteiger partial charge in [-0.15, -0.1) is 0 Å². The second kappa shape index (κ2) is 8.08. The van der Waals surface area contributed by atoms with Gasteiger partial charge in [0.25, 0.3) is 0 Å². The van der Waals surface area contributed by atoms with E-state index in [0.717, 1.165) is 30.3 Å². The van der Waals surface area contributed by atoms with Crippen LogP contribution in [0.15, 0.2) is 12.2 Å². The molecule has 2 heteroatoms. The summed E-state index contributed by atoms with van der Waals surface area (Å²) in [5.74, 6) is 4.04. The lowest BCUT2D eigenvalue weighted by Gasteiger charge is -2.73. The highest BCUT2D eigenvalue weighted by molar-refractivity contribution is 5.21. The predicted octanol–water partition coefficient (Wildman–Crippen LogP) is 7.88. The third kappa shape index (κ3) is 3.06. The summed E-state index contributed by atoms with van der Waals surface area (Å²) in [7, 11) is 4.14. The van der Waals surface area contributed by atoms with Crippen molar-refractivity contribution >= 4 is 0 Å². The molecule has 34 heavy (non-hydrogen) atoms. The van der Waals surface area contributed by atoms with Crippen LogP contribution in [0.2, 0.25) is 0 Å². The summed E-state index contributed by atoms with van der Waals surface area (Å²) in [6.45, 7) is 21.3. The van der Waals surface area contributed by atoms with E-state index in [-0.39, 0.29) is 0 Å². The Bertz CT molecular complexity index is 818. The van der Waals surface area contributed by atoms with E-state index in [9.17, 15) is 0 Å². The molecule has 0 aliphatic heterocycles. The molecule has 0 aromatic heterocycles. The molecule has 0 spiro atoms. The molecule has 5 rings (SSSR count). The van der Waals surface area contributed by atoms with Gasteiger partial charge in [-0.05, 0) is 135 Å². The molecule has 0 heterocycles. The smallest absolute Gasteiger partial charge is 0.0521 e. The summed E-state index contributed by atoms with van der Waals surface area (Å²) in [4.78, 5) is 0. The van der Waals surface area contributed by atoms with Crippen LogP contribution in [-0.2, 0) is 4.74 Å². The van der Waals surface area contributed by atoms with E-state index >= 15 is 0 Å². The van der Waals surface area contributed by atoms with E-state index in [0.29, 0.717) is 39.0 Å². The van der Waals surface area contributed by atoms with E-state index in [1.54, 1.807) is 0 Å². The molecule has 0 saturated heterocycles. The summed E-state index contributed by atoms with van der Waals surface area (Å²) in [5, 5.41) is 3.72. The van der Waals surface area contributed by atoms with Crippen molar-refractivity contribution in [3.63, 3.8) is 0 Å². The molecule has 0 bridgehead atoms. The van der Waals surface area contributed by atoms with Crippen LogP contribution in [-0.4, -0.2) is 26.8 Å². The SMILES string of the molecule is C=C(C)[C@@H]1CC[C@]2(COC)CC[C@]3(C)C(CCC4[C@@]5(C)CC[C@@H](NC)C(C)(C)C5CC[C@]43C)C12. The number of methoxy groups -OCH3 is 1. The van der Waals surface area contributed by atoms with Gasteiger partial charge in [0.2, 0.25) is 0 Å². The Kier molecular flexibility index (Phi) is 6.01. The van der Waals surface area contributed by atoms with E-state index in [4.69, 9.17) is 4.74 Å². The van der Waals surface area contributed by atoms with Crippen LogP contribution in [0.25, 0.3) is 0 Å². The monoisotopic (exact) mass is 469 g/mol. The fourth-order valence-electron chi connectivity index (χ4n) is 12.3. The molecule has 5 saturated carbocycles. The van der Waals surface area contributed by atoms with Gasteiger partial charge < -0.3 is 10.1 Å². The predicted molar refractivity (Wildman–Crippen MR) is 144 cm³/mol. The molecule has 1 N–H and O–H groups in total. The lowest BCUT2D eigenvalue weighted by atomic mass is 9.32. The van der Waals surface area contributed by atoms with Gasteiger partial charge in [0.15, 0.2) is 0 Å². The second-order valence-corrected chi connectivity index (χ2v) is 15.2. The van der Waals surface area contributed by atoms with Crippen LogP contribution in [0.4, 0.5) is 0 Å². The first-order valence-corrected chi connectivity index (χ1v) is 14.7. The van der Waals surface area contributed by atoms with Crippen molar-refractivity contribution in [3.05, 3.63) is 12.2 Å². The molecule has 5 aliphatic carbocycles. The number of rotatable bonds is 4. The zero-order valence-electron chi connectivity index (χ0n) is 23.9. The van der Waals surface area contributed by atoms with Crippen molar-refractivity contribution in [3.8, 4) is 0 Å². The minimum absolute atomic E-state index is 0.386. The normalized spacial score (nSPS) is 53.9. The molecular weight excluding hydrogens is 414 g/mol. The summed E-state index contributed by atoms with van der Waals surface area (Å²) >= 11 is 0. The fourth-order valence-corrected chi connectivity index (χ4v) is 12.3. The average molecular weight is 470 g/mol. The molecule has 5 fully saturated rings. The van der Waals surface area contributed by atoms with E-state index < -0.39 is 0 Å². The fraction of sp³-hybridized carbons (Fsp3) is 0.938. The lowest BCUT2D eigenvalue weighted by molar-refractivity contribution is -0.241. The molecule has 2 nitrogen and oxygen atoms in total. The molecular formula is C32H55NO. The summed E-state index contributed by atoms with van der Waals surface area (Å²) in [6, 6.07) is 0.668. The molecule has 0 aromatic carbocycles.